The Labute approximate surface area is 124 Å². The molecule has 1 heterocycles. The zero-order valence-corrected chi connectivity index (χ0v) is 12.3. The minimum Gasteiger partial charge on any atom is -0.481 e. The Kier molecular flexibility index (Phi) is 3.70. The minimum atomic E-state index is -0.826. The fourth-order valence-electron chi connectivity index (χ4n) is 3.80. The van der Waals surface area contributed by atoms with Gasteiger partial charge in [0, 0.05) is 11.7 Å². The van der Waals surface area contributed by atoms with Crippen LogP contribution in [0.1, 0.15) is 38.2 Å². The number of fused-ring (bicyclic) bond motifs is 1. The van der Waals surface area contributed by atoms with Crippen LogP contribution in [0.3, 0.4) is 0 Å². The SMILES string of the molecule is C[C@H]1Cc2ccccc2N1C(=O)[C@H]1CCCC[C@@H]1C(=O)O. The standard InChI is InChI=1S/C17H21NO3/c1-11-10-12-6-2-5-9-15(12)18(11)16(19)13-7-3-4-8-14(13)17(20)21/h2,5-6,9,11,13-14H,3-4,7-8,10H2,1H3,(H,20,21)/t11-,13-,14-/m0/s1. The zero-order valence-electron chi connectivity index (χ0n) is 12.3. The number of carboxylic acid groups (broad SMARTS) is 1. The number of rotatable bonds is 2. The Morgan fingerprint density at radius 1 is 1.14 bits per heavy atom. The van der Waals surface area contributed by atoms with Crippen molar-refractivity contribution < 1.29 is 14.7 Å². The first kappa shape index (κ1) is 14.1. The van der Waals surface area contributed by atoms with Crippen LogP contribution in [0.25, 0.3) is 0 Å². The number of benzene rings is 1. The van der Waals surface area contributed by atoms with Crippen molar-refractivity contribution in [3.8, 4) is 0 Å². The lowest BCUT2D eigenvalue weighted by atomic mass is 9.78. The normalized spacial score (nSPS) is 28.2. The highest BCUT2D eigenvalue weighted by molar-refractivity contribution is 5.99. The molecule has 3 rings (SSSR count). The number of hydrogen-bond acceptors (Lipinski definition) is 2. The van der Waals surface area contributed by atoms with E-state index in [1.807, 2.05) is 30.0 Å². The highest BCUT2D eigenvalue weighted by atomic mass is 16.4. The molecule has 1 saturated carbocycles. The van der Waals surface area contributed by atoms with Crippen molar-refractivity contribution in [2.24, 2.45) is 11.8 Å². The average Bonchev–Trinajstić information content (AvgIpc) is 2.82. The molecular formula is C17H21NO3. The van der Waals surface area contributed by atoms with Crippen LogP contribution in [-0.2, 0) is 16.0 Å². The lowest BCUT2D eigenvalue weighted by molar-refractivity contribution is -0.148. The van der Waals surface area contributed by atoms with E-state index in [2.05, 4.69) is 6.07 Å². The number of carbonyl (C=O) groups excluding carboxylic acids is 1. The quantitative estimate of drug-likeness (QED) is 0.910. The van der Waals surface area contributed by atoms with E-state index >= 15 is 0 Å². The van der Waals surface area contributed by atoms with Crippen LogP contribution < -0.4 is 4.90 Å². The number of anilines is 1. The van der Waals surface area contributed by atoms with Gasteiger partial charge in [-0.2, -0.15) is 0 Å². The van der Waals surface area contributed by atoms with Gasteiger partial charge in [0.2, 0.25) is 5.91 Å². The monoisotopic (exact) mass is 287 g/mol. The lowest BCUT2D eigenvalue weighted by Gasteiger charge is -2.33. The molecule has 0 radical (unpaired) electrons. The largest absolute Gasteiger partial charge is 0.481 e. The molecule has 0 bridgehead atoms. The van der Waals surface area contributed by atoms with Crippen LogP contribution in [-0.4, -0.2) is 23.0 Å². The van der Waals surface area contributed by atoms with Gasteiger partial charge < -0.3 is 10.0 Å². The van der Waals surface area contributed by atoms with Crippen molar-refractivity contribution in [3.05, 3.63) is 29.8 Å². The lowest BCUT2D eigenvalue weighted by Crippen LogP contribution is -2.45. The van der Waals surface area contributed by atoms with Gasteiger partial charge in [-0.3, -0.25) is 9.59 Å². The first-order chi connectivity index (χ1) is 10.1. The van der Waals surface area contributed by atoms with Gasteiger partial charge in [-0.25, -0.2) is 0 Å². The highest BCUT2D eigenvalue weighted by Gasteiger charge is 2.41. The van der Waals surface area contributed by atoms with E-state index in [1.165, 1.54) is 5.56 Å². The second kappa shape index (κ2) is 5.51. The second-order valence-corrected chi connectivity index (χ2v) is 6.23. The van der Waals surface area contributed by atoms with E-state index in [1.54, 1.807) is 0 Å². The smallest absolute Gasteiger partial charge is 0.307 e. The predicted octanol–water partition coefficient (Wildman–Crippen LogP) is 2.86. The summed E-state index contributed by atoms with van der Waals surface area (Å²) in [5, 5.41) is 9.39. The molecule has 1 aliphatic carbocycles. The molecule has 4 heteroatoms. The molecule has 21 heavy (non-hydrogen) atoms. The fraction of sp³-hybridized carbons (Fsp3) is 0.529. The van der Waals surface area contributed by atoms with Crippen LogP contribution in [0.4, 0.5) is 5.69 Å². The van der Waals surface area contributed by atoms with Gasteiger partial charge in [-0.1, -0.05) is 31.0 Å². The van der Waals surface area contributed by atoms with Gasteiger partial charge in [0.1, 0.15) is 0 Å². The molecule has 1 fully saturated rings. The third-order valence-electron chi connectivity index (χ3n) is 4.85. The molecule has 0 aromatic heterocycles. The predicted molar refractivity (Wildman–Crippen MR) is 80.2 cm³/mol. The summed E-state index contributed by atoms with van der Waals surface area (Å²) in [5.41, 5.74) is 2.14. The molecule has 112 valence electrons. The Bertz CT molecular complexity index is 569. The maximum absolute atomic E-state index is 13.0. The summed E-state index contributed by atoms with van der Waals surface area (Å²) >= 11 is 0. The van der Waals surface area contributed by atoms with E-state index in [9.17, 15) is 14.7 Å². The summed E-state index contributed by atoms with van der Waals surface area (Å²) in [4.78, 5) is 26.2. The van der Waals surface area contributed by atoms with Crippen LogP contribution in [0.15, 0.2) is 24.3 Å². The molecule has 0 unspecified atom stereocenters. The summed E-state index contributed by atoms with van der Waals surface area (Å²) in [6.07, 6.45) is 4.03. The second-order valence-electron chi connectivity index (χ2n) is 6.23. The molecule has 0 spiro atoms. The van der Waals surface area contributed by atoms with Gasteiger partial charge in [0.25, 0.3) is 0 Å². The maximum Gasteiger partial charge on any atom is 0.307 e. The topological polar surface area (TPSA) is 57.6 Å². The van der Waals surface area contributed by atoms with E-state index in [4.69, 9.17) is 0 Å². The van der Waals surface area contributed by atoms with Gasteiger partial charge in [-0.05, 0) is 37.8 Å². The van der Waals surface area contributed by atoms with E-state index < -0.39 is 11.9 Å². The third-order valence-corrected chi connectivity index (χ3v) is 4.85. The van der Waals surface area contributed by atoms with Crippen molar-refractivity contribution in [1.29, 1.82) is 0 Å². The summed E-state index contributed by atoms with van der Waals surface area (Å²) in [7, 11) is 0. The molecule has 1 aliphatic heterocycles. The minimum absolute atomic E-state index is 0.000417. The fourth-order valence-corrected chi connectivity index (χ4v) is 3.80. The van der Waals surface area contributed by atoms with Gasteiger partial charge in [0.05, 0.1) is 11.8 Å². The van der Waals surface area contributed by atoms with Gasteiger partial charge >= 0.3 is 5.97 Å². The molecule has 1 aromatic carbocycles. The molecule has 2 aliphatic rings. The van der Waals surface area contributed by atoms with Crippen molar-refractivity contribution in [3.63, 3.8) is 0 Å². The van der Waals surface area contributed by atoms with Gasteiger partial charge in [0.15, 0.2) is 0 Å². The number of nitrogens with zero attached hydrogens (tertiary/aromatic N) is 1. The molecule has 1 aromatic rings. The van der Waals surface area contributed by atoms with Crippen LogP contribution in [0.5, 0.6) is 0 Å². The summed E-state index contributed by atoms with van der Waals surface area (Å²) in [6.45, 7) is 2.04. The van der Waals surface area contributed by atoms with Crippen LogP contribution in [0, 0.1) is 11.8 Å². The highest BCUT2D eigenvalue weighted by Crippen LogP contribution is 2.37. The van der Waals surface area contributed by atoms with Crippen LogP contribution in [0.2, 0.25) is 0 Å². The average molecular weight is 287 g/mol. The number of carboxylic acids is 1. The Morgan fingerprint density at radius 2 is 1.81 bits per heavy atom. The van der Waals surface area contributed by atoms with Crippen molar-refractivity contribution in [2.75, 3.05) is 4.90 Å². The Balaban J connectivity index is 1.89. The third kappa shape index (κ3) is 2.43. The van der Waals surface area contributed by atoms with Crippen molar-refractivity contribution in [2.45, 2.75) is 45.1 Å². The van der Waals surface area contributed by atoms with Crippen molar-refractivity contribution >= 4 is 17.6 Å². The Morgan fingerprint density at radius 3 is 2.52 bits per heavy atom. The first-order valence-electron chi connectivity index (χ1n) is 7.73. The molecule has 4 nitrogen and oxygen atoms in total. The van der Waals surface area contributed by atoms with E-state index in [-0.39, 0.29) is 17.9 Å². The summed E-state index contributed by atoms with van der Waals surface area (Å²) in [6, 6.07) is 8.06. The Hall–Kier alpha value is -1.84. The number of aliphatic carboxylic acids is 1. The van der Waals surface area contributed by atoms with E-state index in [0.717, 1.165) is 24.9 Å². The molecule has 3 atom stereocenters. The molecule has 0 saturated heterocycles. The van der Waals surface area contributed by atoms with Crippen LogP contribution >= 0.6 is 0 Å². The first-order valence-corrected chi connectivity index (χ1v) is 7.73. The number of carbonyl (C=O) groups is 2. The molecule has 1 amide bonds. The summed E-state index contributed by atoms with van der Waals surface area (Å²) in [5.74, 6) is -1.72. The van der Waals surface area contributed by atoms with Crippen molar-refractivity contribution in [1.82, 2.24) is 0 Å². The maximum atomic E-state index is 13.0. The summed E-state index contributed by atoms with van der Waals surface area (Å²) < 4.78 is 0. The number of para-hydroxylation sites is 1. The molecule has 1 N–H and O–H groups in total. The molecular weight excluding hydrogens is 266 g/mol. The zero-order chi connectivity index (χ0) is 15.0. The van der Waals surface area contributed by atoms with Gasteiger partial charge in [-0.15, -0.1) is 0 Å². The van der Waals surface area contributed by atoms with E-state index in [0.29, 0.717) is 12.8 Å². The number of amides is 1. The number of hydrogen-bond donors (Lipinski definition) is 1.